The van der Waals surface area contributed by atoms with E-state index in [1.165, 1.54) is 12.8 Å². The Bertz CT molecular complexity index is 183. The number of hydrogen-bond donors (Lipinski definition) is 1. The third kappa shape index (κ3) is 4.04. The zero-order chi connectivity index (χ0) is 12.0. The Labute approximate surface area is 100 Å². The molecule has 2 unspecified atom stereocenters. The summed E-state index contributed by atoms with van der Waals surface area (Å²) in [5.74, 6) is 0. The SMILES string of the molecule is CCN(CC)CCN(C)C1CCCCC1O. The fourth-order valence-electron chi connectivity index (χ4n) is 2.61. The predicted octanol–water partition coefficient (Wildman–Crippen LogP) is 1.56. The van der Waals surface area contributed by atoms with Gasteiger partial charge in [-0.05, 0) is 33.0 Å². The van der Waals surface area contributed by atoms with Crippen LogP contribution in [-0.4, -0.2) is 60.3 Å². The average molecular weight is 228 g/mol. The van der Waals surface area contributed by atoms with E-state index in [9.17, 15) is 5.11 Å². The largest absolute Gasteiger partial charge is 0.391 e. The lowest BCUT2D eigenvalue weighted by atomic mass is 9.91. The van der Waals surface area contributed by atoms with Crippen molar-refractivity contribution in [3.8, 4) is 0 Å². The van der Waals surface area contributed by atoms with Crippen LogP contribution in [0.3, 0.4) is 0 Å². The summed E-state index contributed by atoms with van der Waals surface area (Å²) < 4.78 is 0. The van der Waals surface area contributed by atoms with E-state index in [-0.39, 0.29) is 6.10 Å². The Morgan fingerprint density at radius 3 is 2.25 bits per heavy atom. The molecule has 0 amide bonds. The number of hydrogen-bond acceptors (Lipinski definition) is 3. The summed E-state index contributed by atoms with van der Waals surface area (Å²) in [4.78, 5) is 4.79. The smallest absolute Gasteiger partial charge is 0.0695 e. The van der Waals surface area contributed by atoms with Crippen LogP contribution in [0.2, 0.25) is 0 Å². The Morgan fingerprint density at radius 1 is 1.06 bits per heavy atom. The van der Waals surface area contributed by atoms with Gasteiger partial charge in [0.2, 0.25) is 0 Å². The summed E-state index contributed by atoms with van der Waals surface area (Å²) in [6.07, 6.45) is 4.52. The van der Waals surface area contributed by atoms with Gasteiger partial charge in [-0.1, -0.05) is 26.7 Å². The molecular formula is C13H28N2O. The molecule has 0 radical (unpaired) electrons. The van der Waals surface area contributed by atoms with E-state index >= 15 is 0 Å². The Hall–Kier alpha value is -0.120. The first-order valence-electron chi connectivity index (χ1n) is 6.79. The Kier molecular flexibility index (Phi) is 6.32. The maximum Gasteiger partial charge on any atom is 0.0695 e. The molecule has 1 aliphatic carbocycles. The second-order valence-corrected chi connectivity index (χ2v) is 4.93. The van der Waals surface area contributed by atoms with Crippen LogP contribution < -0.4 is 0 Å². The summed E-state index contributed by atoms with van der Waals surface area (Å²) in [6.45, 7) is 8.85. The van der Waals surface area contributed by atoms with Crippen molar-refractivity contribution in [3.05, 3.63) is 0 Å². The number of aliphatic hydroxyl groups excluding tert-OH is 1. The van der Waals surface area contributed by atoms with Crippen molar-refractivity contribution in [1.82, 2.24) is 9.80 Å². The number of aliphatic hydroxyl groups is 1. The normalized spacial score (nSPS) is 26.6. The molecule has 0 aromatic heterocycles. The Morgan fingerprint density at radius 2 is 1.69 bits per heavy atom. The van der Waals surface area contributed by atoms with Gasteiger partial charge in [0.05, 0.1) is 6.10 Å². The van der Waals surface area contributed by atoms with Crippen LogP contribution in [0, 0.1) is 0 Å². The second-order valence-electron chi connectivity index (χ2n) is 4.93. The first-order chi connectivity index (χ1) is 7.69. The predicted molar refractivity (Wildman–Crippen MR) is 68.7 cm³/mol. The van der Waals surface area contributed by atoms with E-state index in [0.717, 1.165) is 39.0 Å². The standard InChI is InChI=1S/C13H28N2O/c1-4-15(5-2)11-10-14(3)12-8-6-7-9-13(12)16/h12-13,16H,4-11H2,1-3H3. The van der Waals surface area contributed by atoms with Gasteiger partial charge in [0.1, 0.15) is 0 Å². The summed E-state index contributed by atoms with van der Waals surface area (Å²) in [5.41, 5.74) is 0. The quantitative estimate of drug-likeness (QED) is 0.747. The van der Waals surface area contributed by atoms with Gasteiger partial charge in [-0.2, -0.15) is 0 Å². The van der Waals surface area contributed by atoms with Gasteiger partial charge < -0.3 is 10.0 Å². The molecule has 1 N–H and O–H groups in total. The summed E-state index contributed by atoms with van der Waals surface area (Å²) >= 11 is 0. The fraction of sp³-hybridized carbons (Fsp3) is 1.00. The van der Waals surface area contributed by atoms with Crippen LogP contribution in [0.5, 0.6) is 0 Å². The lowest BCUT2D eigenvalue weighted by Crippen LogP contribution is -2.46. The van der Waals surface area contributed by atoms with Gasteiger partial charge in [-0.25, -0.2) is 0 Å². The first kappa shape index (κ1) is 13.9. The fourth-order valence-corrected chi connectivity index (χ4v) is 2.61. The molecular weight excluding hydrogens is 200 g/mol. The van der Waals surface area contributed by atoms with Crippen molar-refractivity contribution in [3.63, 3.8) is 0 Å². The maximum absolute atomic E-state index is 9.96. The third-order valence-electron chi connectivity index (χ3n) is 3.92. The highest BCUT2D eigenvalue weighted by Crippen LogP contribution is 2.22. The van der Waals surface area contributed by atoms with E-state index in [1.807, 2.05) is 0 Å². The van der Waals surface area contributed by atoms with Crippen molar-refractivity contribution in [2.24, 2.45) is 0 Å². The van der Waals surface area contributed by atoms with Gasteiger partial charge in [0.25, 0.3) is 0 Å². The zero-order valence-electron chi connectivity index (χ0n) is 11.2. The molecule has 0 aromatic carbocycles. The highest BCUT2D eigenvalue weighted by Gasteiger charge is 2.26. The van der Waals surface area contributed by atoms with Crippen LogP contribution in [0.25, 0.3) is 0 Å². The van der Waals surface area contributed by atoms with Crippen molar-refractivity contribution >= 4 is 0 Å². The summed E-state index contributed by atoms with van der Waals surface area (Å²) in [6, 6.07) is 0.393. The minimum atomic E-state index is -0.101. The Balaban J connectivity index is 2.30. The van der Waals surface area contributed by atoms with Gasteiger partial charge in [-0.15, -0.1) is 0 Å². The van der Waals surface area contributed by atoms with Crippen LogP contribution in [-0.2, 0) is 0 Å². The van der Waals surface area contributed by atoms with E-state index in [1.54, 1.807) is 0 Å². The molecule has 16 heavy (non-hydrogen) atoms. The van der Waals surface area contributed by atoms with Gasteiger partial charge >= 0.3 is 0 Å². The minimum Gasteiger partial charge on any atom is -0.391 e. The number of rotatable bonds is 6. The third-order valence-corrected chi connectivity index (χ3v) is 3.92. The number of nitrogens with zero attached hydrogens (tertiary/aromatic N) is 2. The average Bonchev–Trinajstić information content (AvgIpc) is 2.30. The van der Waals surface area contributed by atoms with Gasteiger partial charge in [0, 0.05) is 19.1 Å². The lowest BCUT2D eigenvalue weighted by Gasteiger charge is -2.36. The van der Waals surface area contributed by atoms with Crippen LogP contribution >= 0.6 is 0 Å². The molecule has 1 aliphatic rings. The molecule has 96 valence electrons. The molecule has 0 spiro atoms. The van der Waals surface area contributed by atoms with Crippen LogP contribution in [0.15, 0.2) is 0 Å². The molecule has 3 nitrogen and oxygen atoms in total. The topological polar surface area (TPSA) is 26.7 Å². The number of likely N-dealkylation sites (N-methyl/N-ethyl adjacent to an activating group) is 2. The van der Waals surface area contributed by atoms with Crippen LogP contribution in [0.1, 0.15) is 39.5 Å². The monoisotopic (exact) mass is 228 g/mol. The minimum absolute atomic E-state index is 0.101. The van der Waals surface area contributed by atoms with Crippen LogP contribution in [0.4, 0.5) is 0 Å². The zero-order valence-corrected chi connectivity index (χ0v) is 11.2. The van der Waals surface area contributed by atoms with Crippen molar-refractivity contribution in [2.45, 2.75) is 51.7 Å². The molecule has 0 aromatic rings. The molecule has 1 saturated carbocycles. The molecule has 1 rings (SSSR count). The molecule has 3 heteroatoms. The van der Waals surface area contributed by atoms with Gasteiger partial charge in [-0.3, -0.25) is 4.90 Å². The molecule has 0 heterocycles. The molecule has 0 aliphatic heterocycles. The molecule has 0 saturated heterocycles. The highest BCUT2D eigenvalue weighted by atomic mass is 16.3. The van der Waals surface area contributed by atoms with E-state index in [0.29, 0.717) is 6.04 Å². The van der Waals surface area contributed by atoms with Crippen molar-refractivity contribution in [1.29, 1.82) is 0 Å². The van der Waals surface area contributed by atoms with Crippen molar-refractivity contribution < 1.29 is 5.11 Å². The summed E-state index contributed by atoms with van der Waals surface area (Å²) in [7, 11) is 2.16. The second kappa shape index (κ2) is 7.25. The molecule has 2 atom stereocenters. The first-order valence-corrected chi connectivity index (χ1v) is 6.79. The van der Waals surface area contributed by atoms with E-state index in [4.69, 9.17) is 0 Å². The maximum atomic E-state index is 9.96. The highest BCUT2D eigenvalue weighted by molar-refractivity contribution is 4.81. The molecule has 1 fully saturated rings. The summed E-state index contributed by atoms with van der Waals surface area (Å²) in [5, 5.41) is 9.96. The molecule has 0 bridgehead atoms. The van der Waals surface area contributed by atoms with E-state index in [2.05, 4.69) is 30.7 Å². The van der Waals surface area contributed by atoms with Crippen molar-refractivity contribution in [2.75, 3.05) is 33.2 Å². The lowest BCUT2D eigenvalue weighted by molar-refractivity contribution is 0.0286. The van der Waals surface area contributed by atoms with Gasteiger partial charge in [0.15, 0.2) is 0 Å². The van der Waals surface area contributed by atoms with E-state index < -0.39 is 0 Å².